The fraction of sp³-hybridized carbons (Fsp3) is 0.231. The molecule has 0 radical (unpaired) electrons. The van der Waals surface area contributed by atoms with E-state index in [0.717, 1.165) is 80.9 Å². The molecule has 7 aromatic carbocycles. The SMILES string of the molecule is C=C1CC2C(CCc3ccc4c(oc5ccccc54)c3-c3n(-c4cc(-c5ccccc5)ccc4-c4ccccc4)c4ccccc4[n+]31)c1ccccc1-c1cc(CC3CCCCC3)c([Si](C)(C)C)c[n+]12. The first-order chi connectivity index (χ1) is 34.3. The van der Waals surface area contributed by atoms with Crippen molar-refractivity contribution >= 4 is 51.9 Å². The molecule has 0 amide bonds. The van der Waals surface area contributed by atoms with Gasteiger partial charge in [0.1, 0.15) is 22.5 Å². The van der Waals surface area contributed by atoms with E-state index in [9.17, 15) is 0 Å². The van der Waals surface area contributed by atoms with Gasteiger partial charge in [0.2, 0.25) is 5.69 Å². The maximum atomic E-state index is 7.17. The average Bonchev–Trinajstić information content (AvgIpc) is 3.95. The molecule has 1 saturated carbocycles. The lowest BCUT2D eigenvalue weighted by Crippen LogP contribution is -2.54. The van der Waals surface area contributed by atoms with Crippen LogP contribution in [-0.2, 0) is 12.8 Å². The van der Waals surface area contributed by atoms with Gasteiger partial charge in [-0.2, -0.15) is 13.7 Å². The number of para-hydroxylation sites is 3. The van der Waals surface area contributed by atoms with E-state index in [1.807, 2.05) is 0 Å². The summed E-state index contributed by atoms with van der Waals surface area (Å²) in [5.74, 6) is 2.12. The second-order valence-corrected chi connectivity index (χ2v) is 26.6. The van der Waals surface area contributed by atoms with Crippen LogP contribution in [0.3, 0.4) is 0 Å². The number of rotatable bonds is 6. The molecule has 0 N–H and O–H groups in total. The number of benzene rings is 7. The standard InChI is InChI=1S/C65H61N3OSi/c1-43-38-58-53(51-26-14-15-27-52(51)59-41-49(39-44-20-8-5-9-21-44)62(42-66(58)59)70(2,3)4)36-32-47-33-37-55-54-28-16-19-31-61(54)69-64(55)63(47)65-67(43)56-29-17-18-30-57(56)68(65)60-40-48(45-22-10-6-11-23-45)34-35-50(60)46-24-12-7-13-25-46/h6-7,10-19,22-31,33-35,37,40-42,44,53,58H,1,5,8-9,20-21,32,36,38-39H2,2-4H3/q+2. The topological polar surface area (TPSA) is 25.8 Å². The zero-order valence-electron chi connectivity index (χ0n) is 40.8. The molecular formula is C65H61N3OSi+2. The van der Waals surface area contributed by atoms with Crippen LogP contribution < -0.4 is 14.3 Å². The van der Waals surface area contributed by atoms with Crippen molar-refractivity contribution in [1.82, 2.24) is 4.57 Å². The summed E-state index contributed by atoms with van der Waals surface area (Å²) in [6.45, 7) is 12.9. The third-order valence-corrected chi connectivity index (χ3v) is 18.3. The molecule has 0 spiro atoms. The van der Waals surface area contributed by atoms with Crippen LogP contribution >= 0.6 is 0 Å². The Morgan fingerprint density at radius 1 is 0.657 bits per heavy atom. The van der Waals surface area contributed by atoms with Gasteiger partial charge in [0.05, 0.1) is 14.5 Å². The van der Waals surface area contributed by atoms with Crippen molar-refractivity contribution in [1.29, 1.82) is 0 Å². The smallest absolute Gasteiger partial charge is 0.304 e. The van der Waals surface area contributed by atoms with Crippen LogP contribution in [0.2, 0.25) is 19.6 Å². The highest BCUT2D eigenvalue weighted by Gasteiger charge is 2.45. The van der Waals surface area contributed by atoms with E-state index in [1.165, 1.54) is 83.2 Å². The number of nitrogens with zero attached hydrogens (tertiary/aromatic N) is 3. The second kappa shape index (κ2) is 17.1. The van der Waals surface area contributed by atoms with Gasteiger partial charge >= 0.3 is 5.82 Å². The molecular weight excluding hydrogens is 867 g/mol. The highest BCUT2D eigenvalue weighted by molar-refractivity contribution is 6.89. The summed E-state index contributed by atoms with van der Waals surface area (Å²) in [5.41, 5.74) is 19.3. The molecule has 1 fully saturated rings. The van der Waals surface area contributed by atoms with Gasteiger partial charge in [-0.1, -0.05) is 186 Å². The van der Waals surface area contributed by atoms with Crippen LogP contribution in [0.25, 0.3) is 89.3 Å². The van der Waals surface area contributed by atoms with Crippen molar-refractivity contribution in [3.05, 3.63) is 199 Å². The van der Waals surface area contributed by atoms with Gasteiger partial charge in [0.15, 0.2) is 28.9 Å². The summed E-state index contributed by atoms with van der Waals surface area (Å²) in [7, 11) is -1.77. The molecule has 1 aliphatic carbocycles. The number of hydrogen-bond donors (Lipinski definition) is 0. The van der Waals surface area contributed by atoms with Crippen LogP contribution in [0.1, 0.15) is 73.6 Å². The van der Waals surface area contributed by atoms with E-state index in [-0.39, 0.29) is 12.0 Å². The van der Waals surface area contributed by atoms with Crippen LogP contribution in [0.15, 0.2) is 187 Å². The number of imidazole rings is 1. The van der Waals surface area contributed by atoms with E-state index in [0.29, 0.717) is 0 Å². The number of fused-ring (bicyclic) bond motifs is 15. The molecule has 4 nitrogen and oxygen atoms in total. The summed E-state index contributed by atoms with van der Waals surface area (Å²) in [4.78, 5) is 0. The average molecular weight is 928 g/mol. The van der Waals surface area contributed by atoms with Crippen LogP contribution in [0, 0.1) is 5.92 Å². The molecule has 2 aliphatic heterocycles. The van der Waals surface area contributed by atoms with Crippen molar-refractivity contribution in [2.24, 2.45) is 5.92 Å². The van der Waals surface area contributed by atoms with Crippen molar-refractivity contribution in [3.8, 4) is 50.6 Å². The van der Waals surface area contributed by atoms with E-state index in [4.69, 9.17) is 11.0 Å². The van der Waals surface area contributed by atoms with Crippen LogP contribution in [0.4, 0.5) is 0 Å². The lowest BCUT2D eigenvalue weighted by molar-refractivity contribution is -0.719. The number of hydrogen-bond acceptors (Lipinski definition) is 1. The van der Waals surface area contributed by atoms with Crippen LogP contribution in [0.5, 0.6) is 0 Å². The Balaban J connectivity index is 1.10. The lowest BCUT2D eigenvalue weighted by Gasteiger charge is -2.33. The highest BCUT2D eigenvalue weighted by Crippen LogP contribution is 2.48. The van der Waals surface area contributed by atoms with Gasteiger partial charge < -0.3 is 4.42 Å². The van der Waals surface area contributed by atoms with Gasteiger partial charge in [-0.25, -0.2) is 0 Å². The van der Waals surface area contributed by atoms with Gasteiger partial charge in [0, 0.05) is 39.1 Å². The third kappa shape index (κ3) is 7.15. The molecule has 0 bridgehead atoms. The fourth-order valence-electron chi connectivity index (χ4n) is 13.0. The molecule has 3 aliphatic rings. The van der Waals surface area contributed by atoms with E-state index in [2.05, 4.69) is 209 Å². The molecule has 0 saturated heterocycles. The number of pyridine rings is 1. The predicted octanol–water partition coefficient (Wildman–Crippen LogP) is 15.6. The zero-order valence-corrected chi connectivity index (χ0v) is 41.8. The van der Waals surface area contributed by atoms with Gasteiger partial charge in [0.25, 0.3) is 0 Å². The molecule has 70 heavy (non-hydrogen) atoms. The molecule has 344 valence electrons. The Bertz CT molecular complexity index is 3660. The van der Waals surface area contributed by atoms with Gasteiger partial charge in [-0.15, -0.1) is 0 Å². The van der Waals surface area contributed by atoms with Crippen molar-refractivity contribution in [3.63, 3.8) is 0 Å². The minimum atomic E-state index is -1.77. The van der Waals surface area contributed by atoms with Crippen molar-refractivity contribution in [2.45, 2.75) is 89.4 Å². The summed E-state index contributed by atoms with van der Waals surface area (Å²) in [6.07, 6.45) is 13.4. The van der Waals surface area contributed by atoms with E-state index < -0.39 is 8.07 Å². The molecule has 3 aromatic heterocycles. The second-order valence-electron chi connectivity index (χ2n) is 21.6. The number of allylic oxidation sites excluding steroid dienone is 1. The maximum absolute atomic E-state index is 7.17. The monoisotopic (exact) mass is 927 g/mol. The van der Waals surface area contributed by atoms with E-state index in [1.54, 1.807) is 10.8 Å². The molecule has 2 atom stereocenters. The van der Waals surface area contributed by atoms with E-state index >= 15 is 0 Å². The Kier molecular flexibility index (Phi) is 10.5. The Morgan fingerprint density at radius 3 is 2.20 bits per heavy atom. The van der Waals surface area contributed by atoms with Crippen molar-refractivity contribution < 1.29 is 13.6 Å². The zero-order chi connectivity index (χ0) is 47.1. The predicted molar refractivity (Wildman–Crippen MR) is 292 cm³/mol. The Morgan fingerprint density at radius 2 is 1.39 bits per heavy atom. The van der Waals surface area contributed by atoms with Gasteiger partial charge in [-0.3, -0.25) is 0 Å². The molecule has 2 unspecified atom stereocenters. The minimum absolute atomic E-state index is 0.163. The summed E-state index contributed by atoms with van der Waals surface area (Å²) >= 11 is 0. The van der Waals surface area contributed by atoms with Gasteiger partial charge in [-0.05, 0) is 95.0 Å². The van der Waals surface area contributed by atoms with Crippen LogP contribution in [-0.4, -0.2) is 12.6 Å². The Hall–Kier alpha value is -7.08. The summed E-state index contributed by atoms with van der Waals surface area (Å²) in [6, 6.07) is 63.3. The first kappa shape index (κ1) is 43.0. The molecule has 5 heterocycles. The molecule has 5 heteroatoms. The quantitative estimate of drug-likeness (QED) is 0.121. The minimum Gasteiger partial charge on any atom is -0.455 e. The van der Waals surface area contributed by atoms with Crippen molar-refractivity contribution in [2.75, 3.05) is 0 Å². The maximum Gasteiger partial charge on any atom is 0.304 e. The molecule has 10 aromatic rings. The summed E-state index contributed by atoms with van der Waals surface area (Å²) in [5, 5.41) is 3.89. The first-order valence-electron chi connectivity index (χ1n) is 25.9. The lowest BCUT2D eigenvalue weighted by atomic mass is 9.77. The highest BCUT2D eigenvalue weighted by atomic mass is 28.3. The third-order valence-electron chi connectivity index (χ3n) is 16.3. The number of aromatic nitrogens is 3. The normalized spacial score (nSPS) is 17.2. The Labute approximate surface area is 413 Å². The molecule has 13 rings (SSSR count). The first-order valence-corrected chi connectivity index (χ1v) is 29.4. The number of furan rings is 1. The summed E-state index contributed by atoms with van der Waals surface area (Å²) < 4.78 is 15.0. The fourth-order valence-corrected chi connectivity index (χ4v) is 14.6. The number of aryl methyl sites for hydroxylation is 1. The largest absolute Gasteiger partial charge is 0.455 e.